The first-order valence-electron chi connectivity index (χ1n) is 11.8. The fourth-order valence-corrected chi connectivity index (χ4v) is 4.06. The number of benzene rings is 2. The number of ether oxygens (including phenoxy) is 3. The van der Waals surface area contributed by atoms with Crippen LogP contribution in [0.3, 0.4) is 0 Å². The van der Waals surface area contributed by atoms with Crippen molar-refractivity contribution in [2.24, 2.45) is 5.92 Å². The molecule has 2 aromatic rings. The molecular formula is C26H25F6NO5. The van der Waals surface area contributed by atoms with Crippen LogP contribution in [0.25, 0.3) is 6.08 Å². The lowest BCUT2D eigenvalue weighted by atomic mass is 9.80. The predicted octanol–water partition coefficient (Wildman–Crippen LogP) is 5.84. The third-order valence-electron chi connectivity index (χ3n) is 6.38. The zero-order valence-corrected chi connectivity index (χ0v) is 20.2. The first kappa shape index (κ1) is 27.6. The van der Waals surface area contributed by atoms with Gasteiger partial charge in [0.1, 0.15) is 30.5 Å². The minimum Gasteiger partial charge on any atom is -0.489 e. The number of carbonyl (C=O) groups is 1. The Bertz CT molecular complexity index is 1200. The van der Waals surface area contributed by atoms with Crippen LogP contribution in [0.1, 0.15) is 36.5 Å². The van der Waals surface area contributed by atoms with Crippen molar-refractivity contribution in [3.05, 3.63) is 58.7 Å². The molecule has 0 saturated heterocycles. The van der Waals surface area contributed by atoms with Gasteiger partial charge in [-0.1, -0.05) is 6.07 Å². The maximum atomic E-state index is 13.5. The maximum Gasteiger partial charge on any atom is 0.425 e. The molecule has 206 valence electrons. The van der Waals surface area contributed by atoms with Crippen molar-refractivity contribution in [1.82, 2.24) is 5.32 Å². The summed E-state index contributed by atoms with van der Waals surface area (Å²) in [5, 5.41) is 12.3. The van der Waals surface area contributed by atoms with Crippen LogP contribution in [0.4, 0.5) is 26.3 Å². The van der Waals surface area contributed by atoms with Crippen molar-refractivity contribution < 1.29 is 50.5 Å². The number of carboxylic acid groups (broad SMARTS) is 1. The number of rotatable bonds is 9. The molecule has 1 aliphatic carbocycles. The van der Waals surface area contributed by atoms with Gasteiger partial charge in [0.2, 0.25) is 0 Å². The molecule has 38 heavy (non-hydrogen) atoms. The number of fused-ring (bicyclic) bond motifs is 1. The second-order valence-corrected chi connectivity index (χ2v) is 9.29. The van der Waals surface area contributed by atoms with E-state index in [0.29, 0.717) is 50.5 Å². The SMILES string of the molecule is C[C@H](Oc1ccc(COc2ccc3c(c2)OCC(CNC2CC(C(=O)O)C2)=C3)cc1C(F)(F)F)C(F)(F)F. The minimum absolute atomic E-state index is 0.0948. The molecule has 0 radical (unpaired) electrons. The molecule has 1 atom stereocenters. The van der Waals surface area contributed by atoms with E-state index in [2.05, 4.69) is 10.1 Å². The monoisotopic (exact) mass is 545 g/mol. The highest BCUT2D eigenvalue weighted by Crippen LogP contribution is 2.39. The number of hydrogen-bond donors (Lipinski definition) is 2. The molecule has 1 heterocycles. The fraction of sp³-hybridized carbons (Fsp3) is 0.423. The Hall–Kier alpha value is -3.41. The average Bonchev–Trinajstić information content (AvgIpc) is 2.80. The van der Waals surface area contributed by atoms with E-state index in [4.69, 9.17) is 14.6 Å². The van der Waals surface area contributed by atoms with Crippen LogP contribution in [0, 0.1) is 5.92 Å². The van der Waals surface area contributed by atoms with Crippen LogP contribution in [0.15, 0.2) is 42.0 Å². The van der Waals surface area contributed by atoms with Gasteiger partial charge in [-0.25, -0.2) is 0 Å². The van der Waals surface area contributed by atoms with Crippen LogP contribution >= 0.6 is 0 Å². The smallest absolute Gasteiger partial charge is 0.425 e. The van der Waals surface area contributed by atoms with Crippen molar-refractivity contribution in [3.63, 3.8) is 0 Å². The van der Waals surface area contributed by atoms with Gasteiger partial charge in [0, 0.05) is 24.2 Å². The quantitative estimate of drug-likeness (QED) is 0.386. The van der Waals surface area contributed by atoms with E-state index in [1.165, 1.54) is 6.07 Å². The first-order valence-corrected chi connectivity index (χ1v) is 11.8. The normalized spacial score (nSPS) is 19.9. The van der Waals surface area contributed by atoms with Crippen molar-refractivity contribution >= 4 is 12.0 Å². The van der Waals surface area contributed by atoms with Crippen LogP contribution < -0.4 is 19.5 Å². The standard InChI is InChI=1S/C26H25F6NO5/c1-14(25(27,28)29)38-22-5-2-15(7-21(22)26(30,31)32)12-36-20-4-3-17-6-16(13-37-23(17)10-20)11-33-19-8-18(9-19)24(34)35/h2-7,10,14,18-19,33H,8-9,11-13H2,1H3,(H,34,35)/t14-,18?,19?/m0/s1. The van der Waals surface area contributed by atoms with Crippen LogP contribution in [0.5, 0.6) is 17.2 Å². The minimum atomic E-state index is -4.92. The topological polar surface area (TPSA) is 77.0 Å². The Morgan fingerprint density at radius 2 is 1.87 bits per heavy atom. The summed E-state index contributed by atoms with van der Waals surface area (Å²) in [6.07, 6.45) is -9.02. The average molecular weight is 545 g/mol. The highest BCUT2D eigenvalue weighted by atomic mass is 19.4. The largest absolute Gasteiger partial charge is 0.489 e. The molecule has 1 saturated carbocycles. The number of aliphatic carboxylic acids is 1. The molecule has 2 N–H and O–H groups in total. The van der Waals surface area contributed by atoms with Gasteiger partial charge in [-0.3, -0.25) is 4.79 Å². The number of hydrogen-bond acceptors (Lipinski definition) is 5. The summed E-state index contributed by atoms with van der Waals surface area (Å²) < 4.78 is 94.6. The third kappa shape index (κ3) is 6.72. The Balaban J connectivity index is 1.37. The molecule has 2 aliphatic rings. The summed E-state index contributed by atoms with van der Waals surface area (Å²) in [7, 11) is 0. The second-order valence-electron chi connectivity index (χ2n) is 9.29. The molecule has 1 fully saturated rings. The molecule has 2 aromatic carbocycles. The molecular weight excluding hydrogens is 520 g/mol. The third-order valence-corrected chi connectivity index (χ3v) is 6.38. The molecule has 0 bridgehead atoms. The van der Waals surface area contributed by atoms with Gasteiger partial charge < -0.3 is 24.6 Å². The van der Waals surface area contributed by atoms with E-state index in [1.807, 2.05) is 6.08 Å². The summed E-state index contributed by atoms with van der Waals surface area (Å²) in [5.41, 5.74) is 0.538. The van der Waals surface area contributed by atoms with Crippen molar-refractivity contribution in [2.45, 2.75) is 50.9 Å². The van der Waals surface area contributed by atoms with Gasteiger partial charge in [-0.15, -0.1) is 0 Å². The number of halogens is 6. The summed E-state index contributed by atoms with van der Waals surface area (Å²) in [6, 6.07) is 7.90. The van der Waals surface area contributed by atoms with Gasteiger partial charge in [0.25, 0.3) is 0 Å². The number of alkyl halides is 6. The second kappa shape index (κ2) is 10.8. The molecule has 0 aromatic heterocycles. The van der Waals surface area contributed by atoms with Gasteiger partial charge in [-0.05, 0) is 61.2 Å². The molecule has 6 nitrogen and oxygen atoms in total. The van der Waals surface area contributed by atoms with E-state index in [-0.39, 0.29) is 24.1 Å². The first-order chi connectivity index (χ1) is 17.8. The van der Waals surface area contributed by atoms with Crippen molar-refractivity contribution in [3.8, 4) is 17.2 Å². The Morgan fingerprint density at radius 1 is 1.13 bits per heavy atom. The summed E-state index contributed by atoms with van der Waals surface area (Å²) >= 11 is 0. The fourth-order valence-electron chi connectivity index (χ4n) is 4.06. The molecule has 0 unspecified atom stereocenters. The van der Waals surface area contributed by atoms with E-state index in [1.54, 1.807) is 18.2 Å². The highest BCUT2D eigenvalue weighted by molar-refractivity contribution is 5.71. The van der Waals surface area contributed by atoms with E-state index < -0.39 is 35.7 Å². The molecule has 4 rings (SSSR count). The van der Waals surface area contributed by atoms with E-state index in [9.17, 15) is 31.1 Å². The van der Waals surface area contributed by atoms with Gasteiger partial charge >= 0.3 is 18.3 Å². The van der Waals surface area contributed by atoms with Crippen molar-refractivity contribution in [2.75, 3.05) is 13.2 Å². The number of carboxylic acids is 1. The van der Waals surface area contributed by atoms with Gasteiger partial charge in [0.15, 0.2) is 6.10 Å². The summed E-state index contributed by atoms with van der Waals surface area (Å²) in [6.45, 7) is 1.23. The van der Waals surface area contributed by atoms with Gasteiger partial charge in [-0.2, -0.15) is 26.3 Å². The maximum absolute atomic E-state index is 13.5. The summed E-state index contributed by atoms with van der Waals surface area (Å²) in [5.74, 6) is -1.12. The van der Waals surface area contributed by atoms with E-state index in [0.717, 1.165) is 17.2 Å². The summed E-state index contributed by atoms with van der Waals surface area (Å²) in [4.78, 5) is 10.9. The van der Waals surface area contributed by atoms with Crippen molar-refractivity contribution in [1.29, 1.82) is 0 Å². The number of nitrogens with one attached hydrogen (secondary N) is 1. The zero-order chi connectivity index (χ0) is 27.7. The predicted molar refractivity (Wildman–Crippen MR) is 124 cm³/mol. The van der Waals surface area contributed by atoms with Crippen LogP contribution in [-0.2, 0) is 17.6 Å². The van der Waals surface area contributed by atoms with Crippen LogP contribution in [0.2, 0.25) is 0 Å². The lowest BCUT2D eigenvalue weighted by Gasteiger charge is -2.33. The molecule has 1 aliphatic heterocycles. The Kier molecular flexibility index (Phi) is 7.82. The van der Waals surface area contributed by atoms with E-state index >= 15 is 0 Å². The Morgan fingerprint density at radius 3 is 2.53 bits per heavy atom. The van der Waals surface area contributed by atoms with Gasteiger partial charge in [0.05, 0.1) is 11.5 Å². The zero-order valence-electron chi connectivity index (χ0n) is 20.2. The molecule has 0 amide bonds. The lowest BCUT2D eigenvalue weighted by molar-refractivity contribution is -0.191. The Labute approximate surface area is 214 Å². The molecule has 0 spiro atoms. The lowest BCUT2D eigenvalue weighted by Crippen LogP contribution is -2.45. The van der Waals surface area contributed by atoms with Crippen LogP contribution in [-0.4, -0.2) is 42.5 Å². The highest BCUT2D eigenvalue weighted by Gasteiger charge is 2.41. The molecule has 12 heteroatoms.